The zero-order valence-corrected chi connectivity index (χ0v) is 13.2. The number of sulfonamides is 1. The zero-order chi connectivity index (χ0) is 14.9. The van der Waals surface area contributed by atoms with Crippen LogP contribution in [0.5, 0.6) is 0 Å². The first-order valence-corrected chi connectivity index (χ1v) is 8.50. The maximum absolute atomic E-state index is 12.8. The Morgan fingerprint density at radius 3 is 2.60 bits per heavy atom. The van der Waals surface area contributed by atoms with Crippen LogP contribution in [0.1, 0.15) is 30.9 Å². The van der Waals surface area contributed by atoms with Crippen molar-refractivity contribution in [3.05, 3.63) is 29.3 Å². The van der Waals surface area contributed by atoms with Crippen molar-refractivity contribution in [1.29, 1.82) is 0 Å². The second kappa shape index (κ2) is 5.84. The summed E-state index contributed by atoms with van der Waals surface area (Å²) < 4.78 is 27.2. The van der Waals surface area contributed by atoms with Crippen molar-refractivity contribution in [2.45, 2.75) is 44.6 Å². The molecule has 1 saturated heterocycles. The Hall–Kier alpha value is -0.910. The molecule has 2 unspecified atom stereocenters. The van der Waals surface area contributed by atoms with Gasteiger partial charge in [-0.1, -0.05) is 17.7 Å². The number of piperidine rings is 1. The van der Waals surface area contributed by atoms with Crippen molar-refractivity contribution in [1.82, 2.24) is 4.31 Å². The Bertz CT molecular complexity index is 583. The fourth-order valence-electron chi connectivity index (χ4n) is 2.85. The van der Waals surface area contributed by atoms with Gasteiger partial charge in [0, 0.05) is 19.2 Å². The highest BCUT2D eigenvalue weighted by molar-refractivity contribution is 7.89. The van der Waals surface area contributed by atoms with Gasteiger partial charge in [0.25, 0.3) is 0 Å². The van der Waals surface area contributed by atoms with Crippen molar-refractivity contribution in [2.75, 3.05) is 13.2 Å². The molecular formula is C15H23NO3S. The fourth-order valence-corrected chi connectivity index (χ4v) is 4.79. The topological polar surface area (TPSA) is 57.6 Å². The smallest absolute Gasteiger partial charge is 0.243 e. The number of hydrogen-bond donors (Lipinski definition) is 1. The summed E-state index contributed by atoms with van der Waals surface area (Å²) in [4.78, 5) is 0.383. The van der Waals surface area contributed by atoms with Gasteiger partial charge in [0.2, 0.25) is 10.0 Å². The van der Waals surface area contributed by atoms with Gasteiger partial charge in [0.05, 0.1) is 4.90 Å². The molecule has 20 heavy (non-hydrogen) atoms. The van der Waals surface area contributed by atoms with Crippen LogP contribution in [0, 0.1) is 19.8 Å². The number of aliphatic hydroxyl groups excluding tert-OH is 1. The average Bonchev–Trinajstić information content (AvgIpc) is 2.38. The minimum Gasteiger partial charge on any atom is -0.396 e. The number of benzene rings is 1. The van der Waals surface area contributed by atoms with Crippen molar-refractivity contribution in [3.8, 4) is 0 Å². The van der Waals surface area contributed by atoms with E-state index in [0.29, 0.717) is 11.4 Å². The van der Waals surface area contributed by atoms with E-state index in [4.69, 9.17) is 0 Å². The third-order valence-corrected chi connectivity index (χ3v) is 6.24. The first-order valence-electron chi connectivity index (χ1n) is 7.06. The molecule has 0 amide bonds. The lowest BCUT2D eigenvalue weighted by Gasteiger charge is -2.36. The standard InChI is InChI=1S/C15H23NO3S/c1-11-4-7-15(12(2)8-11)20(18,19)16-9-14(10-17)6-5-13(16)3/h4,7-8,13-14,17H,5-6,9-10H2,1-3H3. The van der Waals surface area contributed by atoms with Gasteiger partial charge < -0.3 is 5.11 Å². The first kappa shape index (κ1) is 15.5. The predicted octanol–water partition coefficient (Wildman–Crippen LogP) is 2.08. The number of aryl methyl sites for hydroxylation is 2. The Labute approximate surface area is 121 Å². The first-order chi connectivity index (χ1) is 9.36. The number of rotatable bonds is 3. The average molecular weight is 297 g/mol. The van der Waals surface area contributed by atoms with E-state index in [1.54, 1.807) is 10.4 Å². The third-order valence-electron chi connectivity index (χ3n) is 4.10. The van der Waals surface area contributed by atoms with Gasteiger partial charge in [0.15, 0.2) is 0 Å². The molecule has 1 fully saturated rings. The summed E-state index contributed by atoms with van der Waals surface area (Å²) in [6.45, 7) is 6.18. The van der Waals surface area contributed by atoms with Crippen LogP contribution in [0.25, 0.3) is 0 Å². The van der Waals surface area contributed by atoms with Crippen molar-refractivity contribution < 1.29 is 13.5 Å². The molecular weight excluding hydrogens is 274 g/mol. The molecule has 0 spiro atoms. The molecule has 2 rings (SSSR count). The van der Waals surface area contributed by atoms with E-state index < -0.39 is 10.0 Å². The Kier molecular flexibility index (Phi) is 4.52. The summed E-state index contributed by atoms with van der Waals surface area (Å²) in [6.07, 6.45) is 1.69. The molecule has 0 bridgehead atoms. The van der Waals surface area contributed by atoms with Crippen LogP contribution >= 0.6 is 0 Å². The molecule has 1 aliphatic heterocycles. The van der Waals surface area contributed by atoms with Crippen LogP contribution in [-0.4, -0.2) is 37.0 Å². The molecule has 0 saturated carbocycles. The highest BCUT2D eigenvalue weighted by atomic mass is 32.2. The fraction of sp³-hybridized carbons (Fsp3) is 0.600. The molecule has 1 aromatic rings. The Balaban J connectivity index is 2.38. The lowest BCUT2D eigenvalue weighted by Crippen LogP contribution is -2.46. The van der Waals surface area contributed by atoms with Crippen LogP contribution in [0.4, 0.5) is 0 Å². The summed E-state index contributed by atoms with van der Waals surface area (Å²) in [6, 6.07) is 5.40. The molecule has 0 aromatic heterocycles. The maximum Gasteiger partial charge on any atom is 0.243 e. The zero-order valence-electron chi connectivity index (χ0n) is 12.3. The summed E-state index contributed by atoms with van der Waals surface area (Å²) in [5.41, 5.74) is 1.84. The molecule has 4 nitrogen and oxygen atoms in total. The minimum absolute atomic E-state index is 0.0106. The van der Waals surface area contributed by atoms with Gasteiger partial charge in [-0.25, -0.2) is 8.42 Å². The quantitative estimate of drug-likeness (QED) is 0.929. The van der Waals surface area contributed by atoms with Gasteiger partial charge in [-0.2, -0.15) is 4.31 Å². The van der Waals surface area contributed by atoms with Crippen LogP contribution in [-0.2, 0) is 10.0 Å². The second-order valence-electron chi connectivity index (χ2n) is 5.82. The van der Waals surface area contributed by atoms with Crippen molar-refractivity contribution in [2.24, 2.45) is 5.92 Å². The van der Waals surface area contributed by atoms with Crippen LogP contribution in [0.3, 0.4) is 0 Å². The normalized spacial score (nSPS) is 24.8. The molecule has 0 radical (unpaired) electrons. The lowest BCUT2D eigenvalue weighted by atomic mass is 9.96. The van der Waals surface area contributed by atoms with Gasteiger partial charge in [0.1, 0.15) is 0 Å². The van der Waals surface area contributed by atoms with Gasteiger partial charge in [-0.3, -0.25) is 0 Å². The van der Waals surface area contributed by atoms with Gasteiger partial charge >= 0.3 is 0 Å². The molecule has 112 valence electrons. The van der Waals surface area contributed by atoms with E-state index in [1.165, 1.54) is 0 Å². The Morgan fingerprint density at radius 2 is 2.00 bits per heavy atom. The predicted molar refractivity (Wildman–Crippen MR) is 79.1 cm³/mol. The van der Waals surface area contributed by atoms with E-state index in [0.717, 1.165) is 24.0 Å². The van der Waals surface area contributed by atoms with Crippen LogP contribution in [0.2, 0.25) is 0 Å². The van der Waals surface area contributed by atoms with E-state index in [-0.39, 0.29) is 18.6 Å². The van der Waals surface area contributed by atoms with E-state index in [2.05, 4.69) is 0 Å². The molecule has 5 heteroatoms. The summed E-state index contributed by atoms with van der Waals surface area (Å²) >= 11 is 0. The highest BCUT2D eigenvalue weighted by Crippen LogP contribution is 2.29. The molecule has 1 aliphatic rings. The van der Waals surface area contributed by atoms with Crippen molar-refractivity contribution >= 4 is 10.0 Å². The summed E-state index contributed by atoms with van der Waals surface area (Å²) in [7, 11) is -3.48. The van der Waals surface area contributed by atoms with E-state index >= 15 is 0 Å². The largest absolute Gasteiger partial charge is 0.396 e. The third kappa shape index (κ3) is 2.90. The lowest BCUT2D eigenvalue weighted by molar-refractivity contribution is 0.139. The Morgan fingerprint density at radius 1 is 1.30 bits per heavy atom. The maximum atomic E-state index is 12.8. The van der Waals surface area contributed by atoms with E-state index in [1.807, 2.05) is 32.9 Å². The SMILES string of the molecule is Cc1ccc(S(=O)(=O)N2CC(CO)CCC2C)c(C)c1. The van der Waals surface area contributed by atoms with Gasteiger partial charge in [-0.15, -0.1) is 0 Å². The number of hydrogen-bond acceptors (Lipinski definition) is 3. The van der Waals surface area contributed by atoms with Crippen LogP contribution in [0.15, 0.2) is 23.1 Å². The van der Waals surface area contributed by atoms with Crippen LogP contribution < -0.4 is 0 Å². The minimum atomic E-state index is -3.48. The highest BCUT2D eigenvalue weighted by Gasteiger charge is 2.35. The summed E-state index contributed by atoms with van der Waals surface area (Å²) in [5, 5.41) is 9.30. The van der Waals surface area contributed by atoms with E-state index in [9.17, 15) is 13.5 Å². The second-order valence-corrected chi connectivity index (χ2v) is 7.68. The monoisotopic (exact) mass is 297 g/mol. The van der Waals surface area contributed by atoms with Gasteiger partial charge in [-0.05, 0) is 51.2 Å². The van der Waals surface area contributed by atoms with Crippen molar-refractivity contribution in [3.63, 3.8) is 0 Å². The summed E-state index contributed by atoms with van der Waals surface area (Å²) in [5.74, 6) is 0.0479. The molecule has 2 atom stereocenters. The number of nitrogens with zero attached hydrogens (tertiary/aromatic N) is 1. The molecule has 1 N–H and O–H groups in total. The molecule has 0 aliphatic carbocycles. The molecule has 1 heterocycles. The molecule has 1 aromatic carbocycles. The number of aliphatic hydroxyl groups is 1.